The summed E-state index contributed by atoms with van der Waals surface area (Å²) in [5.41, 5.74) is 1.06. The van der Waals surface area contributed by atoms with Crippen LogP contribution in [0.25, 0.3) is 0 Å². The number of amides is 1. The van der Waals surface area contributed by atoms with E-state index in [1.54, 1.807) is 7.11 Å². The summed E-state index contributed by atoms with van der Waals surface area (Å²) in [5.74, 6) is 2.55. The monoisotopic (exact) mass is 390 g/mol. The van der Waals surface area contributed by atoms with E-state index in [9.17, 15) is 4.79 Å². The highest BCUT2D eigenvalue weighted by atomic mass is 16.5. The topological polar surface area (TPSA) is 75.2 Å². The fourth-order valence-corrected chi connectivity index (χ4v) is 3.07. The molecule has 7 heteroatoms. The molecule has 1 aromatic carbocycles. The van der Waals surface area contributed by atoms with Crippen LogP contribution in [-0.2, 0) is 11.3 Å². The van der Waals surface area contributed by atoms with E-state index in [1.807, 2.05) is 30.0 Å². The third-order valence-electron chi connectivity index (χ3n) is 4.52. The standard InChI is InChI=1S/C21H34N4O3/c1-4-14-28-18-10-9-17(15-19(18)27-3)16-24-21(22-5-2)23-11-7-13-25-12-6-8-20(25)26/h9-10,15H,4-8,11-14,16H2,1-3H3,(H2,22,23,24). The molecular formula is C21H34N4O3. The Bertz CT molecular complexity index is 649. The lowest BCUT2D eigenvalue weighted by atomic mass is 10.2. The molecule has 1 aliphatic rings. The predicted molar refractivity (Wildman–Crippen MR) is 112 cm³/mol. The number of aliphatic imine (C=N–C) groups is 1. The van der Waals surface area contributed by atoms with Gasteiger partial charge in [0, 0.05) is 32.6 Å². The Labute approximate surface area is 168 Å². The molecule has 156 valence electrons. The van der Waals surface area contributed by atoms with Crippen LogP contribution in [0.1, 0.15) is 45.1 Å². The fraction of sp³-hybridized carbons (Fsp3) is 0.619. The van der Waals surface area contributed by atoms with E-state index in [0.29, 0.717) is 19.6 Å². The van der Waals surface area contributed by atoms with Crippen molar-refractivity contribution < 1.29 is 14.3 Å². The molecule has 1 saturated heterocycles. The van der Waals surface area contributed by atoms with Gasteiger partial charge in [-0.15, -0.1) is 0 Å². The number of methoxy groups -OCH3 is 1. The maximum absolute atomic E-state index is 11.6. The first kappa shape index (κ1) is 21.9. The first-order chi connectivity index (χ1) is 13.7. The Morgan fingerprint density at radius 1 is 1.25 bits per heavy atom. The molecule has 2 rings (SSSR count). The van der Waals surface area contributed by atoms with Crippen LogP contribution >= 0.6 is 0 Å². The van der Waals surface area contributed by atoms with Gasteiger partial charge in [0.25, 0.3) is 0 Å². The van der Waals surface area contributed by atoms with Gasteiger partial charge in [-0.2, -0.15) is 0 Å². The molecular weight excluding hydrogens is 356 g/mol. The summed E-state index contributed by atoms with van der Waals surface area (Å²) in [6.07, 6.45) is 3.55. The average molecular weight is 391 g/mol. The number of nitrogens with zero attached hydrogens (tertiary/aromatic N) is 2. The number of carbonyl (C=O) groups is 1. The molecule has 0 atom stereocenters. The number of guanidine groups is 1. The Balaban J connectivity index is 1.85. The minimum atomic E-state index is 0.279. The number of hydrogen-bond acceptors (Lipinski definition) is 4. The van der Waals surface area contributed by atoms with E-state index in [4.69, 9.17) is 9.47 Å². The molecule has 7 nitrogen and oxygen atoms in total. The smallest absolute Gasteiger partial charge is 0.222 e. The zero-order valence-electron chi connectivity index (χ0n) is 17.4. The van der Waals surface area contributed by atoms with Crippen LogP contribution in [0.2, 0.25) is 0 Å². The van der Waals surface area contributed by atoms with E-state index in [2.05, 4.69) is 22.5 Å². The summed E-state index contributed by atoms with van der Waals surface area (Å²) < 4.78 is 11.1. The molecule has 1 aromatic rings. The van der Waals surface area contributed by atoms with Crippen LogP contribution in [0, 0.1) is 0 Å². The molecule has 1 fully saturated rings. The quantitative estimate of drug-likeness (QED) is 0.345. The van der Waals surface area contributed by atoms with Crippen molar-refractivity contribution in [2.45, 2.75) is 46.1 Å². The number of benzene rings is 1. The van der Waals surface area contributed by atoms with Crippen LogP contribution in [0.5, 0.6) is 11.5 Å². The van der Waals surface area contributed by atoms with Crippen molar-refractivity contribution in [2.24, 2.45) is 4.99 Å². The van der Waals surface area contributed by atoms with Crippen molar-refractivity contribution in [1.29, 1.82) is 0 Å². The van der Waals surface area contributed by atoms with Gasteiger partial charge in [-0.1, -0.05) is 13.0 Å². The van der Waals surface area contributed by atoms with E-state index in [-0.39, 0.29) is 5.91 Å². The first-order valence-electron chi connectivity index (χ1n) is 10.3. The van der Waals surface area contributed by atoms with Gasteiger partial charge in [-0.25, -0.2) is 4.99 Å². The van der Waals surface area contributed by atoms with Gasteiger partial charge in [0.1, 0.15) is 0 Å². The van der Waals surface area contributed by atoms with Gasteiger partial charge in [-0.3, -0.25) is 4.79 Å². The van der Waals surface area contributed by atoms with Crippen LogP contribution < -0.4 is 20.1 Å². The fourth-order valence-electron chi connectivity index (χ4n) is 3.07. The number of rotatable bonds is 11. The number of likely N-dealkylation sites (tertiary alicyclic amines) is 1. The zero-order valence-corrected chi connectivity index (χ0v) is 17.4. The molecule has 1 heterocycles. The zero-order chi connectivity index (χ0) is 20.2. The lowest BCUT2D eigenvalue weighted by Crippen LogP contribution is -2.39. The summed E-state index contributed by atoms with van der Waals surface area (Å²) in [4.78, 5) is 18.2. The van der Waals surface area contributed by atoms with Crippen molar-refractivity contribution in [3.05, 3.63) is 23.8 Å². The Hall–Kier alpha value is -2.44. The SMILES string of the molecule is CCCOc1ccc(CN=C(NCC)NCCCN2CCCC2=O)cc1OC. The van der Waals surface area contributed by atoms with E-state index in [0.717, 1.165) is 68.5 Å². The third-order valence-corrected chi connectivity index (χ3v) is 4.52. The van der Waals surface area contributed by atoms with Gasteiger partial charge in [0.2, 0.25) is 5.91 Å². The van der Waals surface area contributed by atoms with Crippen molar-refractivity contribution in [3.63, 3.8) is 0 Å². The summed E-state index contributed by atoms with van der Waals surface area (Å²) in [7, 11) is 1.65. The average Bonchev–Trinajstić information content (AvgIpc) is 3.12. The lowest BCUT2D eigenvalue weighted by molar-refractivity contribution is -0.127. The number of nitrogens with one attached hydrogen (secondary N) is 2. The second-order valence-corrected chi connectivity index (χ2v) is 6.79. The molecule has 0 unspecified atom stereocenters. The van der Waals surface area contributed by atoms with Crippen LogP contribution in [-0.4, -0.2) is 56.7 Å². The summed E-state index contributed by atoms with van der Waals surface area (Å²) >= 11 is 0. The maximum atomic E-state index is 11.6. The number of hydrogen-bond donors (Lipinski definition) is 2. The molecule has 0 saturated carbocycles. The highest BCUT2D eigenvalue weighted by molar-refractivity contribution is 5.80. The van der Waals surface area contributed by atoms with Gasteiger partial charge in [0.05, 0.1) is 20.3 Å². The van der Waals surface area contributed by atoms with E-state index in [1.165, 1.54) is 0 Å². The molecule has 2 N–H and O–H groups in total. The summed E-state index contributed by atoms with van der Waals surface area (Å²) in [5, 5.41) is 6.60. The van der Waals surface area contributed by atoms with Crippen molar-refractivity contribution in [3.8, 4) is 11.5 Å². The molecule has 1 aliphatic heterocycles. The molecule has 28 heavy (non-hydrogen) atoms. The third kappa shape index (κ3) is 6.94. The van der Waals surface area contributed by atoms with Gasteiger partial charge >= 0.3 is 0 Å². The normalized spacial score (nSPS) is 14.3. The van der Waals surface area contributed by atoms with Crippen molar-refractivity contribution >= 4 is 11.9 Å². The van der Waals surface area contributed by atoms with E-state index < -0.39 is 0 Å². The molecule has 0 spiro atoms. The second kappa shape index (κ2) is 12.1. The predicted octanol–water partition coefficient (Wildman–Crippen LogP) is 2.55. The van der Waals surface area contributed by atoms with Crippen molar-refractivity contribution in [1.82, 2.24) is 15.5 Å². The second-order valence-electron chi connectivity index (χ2n) is 6.79. The highest BCUT2D eigenvalue weighted by Crippen LogP contribution is 2.28. The summed E-state index contributed by atoms with van der Waals surface area (Å²) in [6, 6.07) is 5.92. The largest absolute Gasteiger partial charge is 0.493 e. The van der Waals surface area contributed by atoms with Crippen LogP contribution in [0.3, 0.4) is 0 Å². The Kier molecular flexibility index (Phi) is 9.45. The first-order valence-corrected chi connectivity index (χ1v) is 10.3. The van der Waals surface area contributed by atoms with Crippen LogP contribution in [0.15, 0.2) is 23.2 Å². The Morgan fingerprint density at radius 3 is 2.79 bits per heavy atom. The minimum absolute atomic E-state index is 0.279. The number of ether oxygens (including phenoxy) is 2. The van der Waals surface area contributed by atoms with Gasteiger partial charge in [-0.05, 0) is 43.9 Å². The maximum Gasteiger partial charge on any atom is 0.222 e. The van der Waals surface area contributed by atoms with Crippen LogP contribution in [0.4, 0.5) is 0 Å². The van der Waals surface area contributed by atoms with Gasteiger partial charge < -0.3 is 25.0 Å². The molecule has 0 aromatic heterocycles. The summed E-state index contributed by atoms with van der Waals surface area (Å²) in [6.45, 7) is 8.62. The van der Waals surface area contributed by atoms with Crippen molar-refractivity contribution in [2.75, 3.05) is 39.9 Å². The molecule has 0 aliphatic carbocycles. The Morgan fingerprint density at radius 2 is 2.11 bits per heavy atom. The number of carbonyl (C=O) groups excluding carboxylic acids is 1. The molecule has 0 radical (unpaired) electrons. The highest BCUT2D eigenvalue weighted by Gasteiger charge is 2.18. The van der Waals surface area contributed by atoms with E-state index >= 15 is 0 Å². The molecule has 0 bridgehead atoms. The molecule has 1 amide bonds. The minimum Gasteiger partial charge on any atom is -0.493 e. The lowest BCUT2D eigenvalue weighted by Gasteiger charge is -2.16. The van der Waals surface area contributed by atoms with Gasteiger partial charge in [0.15, 0.2) is 17.5 Å².